The van der Waals surface area contributed by atoms with E-state index >= 15 is 0 Å². The van der Waals surface area contributed by atoms with Crippen molar-refractivity contribution in [3.8, 4) is 0 Å². The summed E-state index contributed by atoms with van der Waals surface area (Å²) in [6, 6.07) is -1.18. The van der Waals surface area contributed by atoms with E-state index in [-0.39, 0.29) is 13.0 Å². The van der Waals surface area contributed by atoms with Gasteiger partial charge in [0, 0.05) is 6.42 Å². The van der Waals surface area contributed by atoms with Gasteiger partial charge < -0.3 is 19.5 Å². The highest BCUT2D eigenvalue weighted by Gasteiger charge is 2.40. The number of rotatable bonds is 4. The van der Waals surface area contributed by atoms with Gasteiger partial charge in [-0.2, -0.15) is 0 Å². The zero-order chi connectivity index (χ0) is 12.3. The number of aliphatic carboxylic acids is 1. The molecule has 16 heavy (non-hydrogen) atoms. The Hall–Kier alpha value is -1.19. The third-order valence-electron chi connectivity index (χ3n) is 2.19. The van der Waals surface area contributed by atoms with E-state index in [2.05, 4.69) is 0 Å². The number of nitrogens with zero attached hydrogens (tertiary/aromatic N) is 1. The summed E-state index contributed by atoms with van der Waals surface area (Å²) in [6.07, 6.45) is -2.10. The van der Waals surface area contributed by atoms with Crippen LogP contribution in [0.2, 0.25) is 0 Å². The number of carboxylic acid groups (broad SMARTS) is 2. The molecular weight excluding hydrogens is 242 g/mol. The van der Waals surface area contributed by atoms with Crippen LogP contribution in [0.15, 0.2) is 0 Å². The normalized spacial score (nSPS) is 26.7. The number of carboxylic acids is 1. The molecular formula is C7H10NO7S-. The highest BCUT2D eigenvalue weighted by molar-refractivity contribution is 7.78. The van der Waals surface area contributed by atoms with Crippen LogP contribution in [0, 0.1) is 0 Å². The summed E-state index contributed by atoms with van der Waals surface area (Å²) in [5, 5.41) is 17.5. The van der Waals surface area contributed by atoms with Gasteiger partial charge >= 0.3 is 12.1 Å². The van der Waals surface area contributed by atoms with E-state index in [0.29, 0.717) is 0 Å². The van der Waals surface area contributed by atoms with E-state index in [1.807, 2.05) is 0 Å². The number of likely N-dealkylation sites (tertiary alicyclic amines) is 1. The minimum absolute atomic E-state index is 0.0428. The van der Waals surface area contributed by atoms with Crippen molar-refractivity contribution in [2.75, 3.05) is 12.5 Å². The molecule has 1 aliphatic rings. The molecule has 0 radical (unpaired) electrons. The Morgan fingerprint density at radius 1 is 1.50 bits per heavy atom. The largest absolute Gasteiger partial charge is 0.771 e. The highest BCUT2D eigenvalue weighted by atomic mass is 32.2. The molecule has 0 aromatic rings. The van der Waals surface area contributed by atoms with Crippen LogP contribution < -0.4 is 0 Å². The number of amides is 1. The monoisotopic (exact) mass is 252 g/mol. The second kappa shape index (κ2) is 5.23. The summed E-state index contributed by atoms with van der Waals surface area (Å²) < 4.78 is 25.3. The minimum atomic E-state index is -2.39. The number of hydrogen-bond donors (Lipinski definition) is 2. The highest BCUT2D eigenvalue weighted by Crippen LogP contribution is 2.20. The number of carbonyl (C=O) groups is 2. The molecule has 0 aliphatic carbocycles. The fraction of sp³-hybridized carbons (Fsp3) is 0.714. The molecule has 0 aromatic heterocycles. The summed E-state index contributed by atoms with van der Waals surface area (Å²) in [5.74, 6) is -1.83. The first-order valence-electron chi connectivity index (χ1n) is 4.31. The van der Waals surface area contributed by atoms with E-state index in [4.69, 9.17) is 14.9 Å². The molecule has 92 valence electrons. The molecule has 1 amide bonds. The van der Waals surface area contributed by atoms with Gasteiger partial charge in [-0.25, -0.2) is 9.59 Å². The molecule has 0 bridgehead atoms. The second-order valence-electron chi connectivity index (χ2n) is 3.23. The topological polar surface area (TPSA) is 127 Å². The summed E-state index contributed by atoms with van der Waals surface area (Å²) in [7, 11) is 0. The molecule has 1 heterocycles. The van der Waals surface area contributed by atoms with Gasteiger partial charge in [0.25, 0.3) is 0 Å². The molecule has 2 N–H and O–H groups in total. The molecule has 0 spiro atoms. The van der Waals surface area contributed by atoms with Crippen molar-refractivity contribution < 1.29 is 33.3 Å². The Morgan fingerprint density at radius 2 is 2.12 bits per heavy atom. The Balaban J connectivity index is 2.58. The van der Waals surface area contributed by atoms with E-state index in [0.717, 1.165) is 4.90 Å². The number of ether oxygens (including phenoxy) is 1. The van der Waals surface area contributed by atoms with Crippen LogP contribution in [-0.4, -0.2) is 60.6 Å². The van der Waals surface area contributed by atoms with Crippen molar-refractivity contribution in [1.82, 2.24) is 4.90 Å². The lowest BCUT2D eigenvalue weighted by atomic mass is 10.2. The average Bonchev–Trinajstić information content (AvgIpc) is 2.58. The second-order valence-corrected chi connectivity index (χ2v) is 4.08. The smallest absolute Gasteiger partial charge is 0.408 e. The minimum Gasteiger partial charge on any atom is -0.771 e. The van der Waals surface area contributed by atoms with Crippen molar-refractivity contribution in [3.63, 3.8) is 0 Å². The van der Waals surface area contributed by atoms with Crippen molar-refractivity contribution in [1.29, 1.82) is 0 Å². The molecule has 0 aromatic carbocycles. The first kappa shape index (κ1) is 12.9. The van der Waals surface area contributed by atoms with Gasteiger partial charge in [0.15, 0.2) is 0 Å². The number of hydrogen-bond acceptors (Lipinski definition) is 5. The molecule has 1 unspecified atom stereocenters. The van der Waals surface area contributed by atoms with Crippen LogP contribution in [-0.2, 0) is 20.6 Å². The van der Waals surface area contributed by atoms with Gasteiger partial charge in [-0.3, -0.25) is 9.11 Å². The lowest BCUT2D eigenvalue weighted by molar-refractivity contribution is -0.141. The Bertz CT molecular complexity index is 298. The van der Waals surface area contributed by atoms with Crippen molar-refractivity contribution in [3.05, 3.63) is 0 Å². The maximum absolute atomic E-state index is 10.7. The van der Waals surface area contributed by atoms with E-state index in [1.54, 1.807) is 0 Å². The maximum atomic E-state index is 10.7. The lowest BCUT2D eigenvalue weighted by Crippen LogP contribution is -2.39. The predicted molar refractivity (Wildman–Crippen MR) is 49.4 cm³/mol. The molecule has 1 aliphatic heterocycles. The summed E-state index contributed by atoms with van der Waals surface area (Å²) in [6.45, 7) is -0.135. The van der Waals surface area contributed by atoms with E-state index in [1.165, 1.54) is 0 Å². The molecule has 1 rings (SSSR count). The third kappa shape index (κ3) is 3.15. The Labute approximate surface area is 93.1 Å². The molecule has 3 atom stereocenters. The van der Waals surface area contributed by atoms with Crippen LogP contribution >= 0.6 is 0 Å². The van der Waals surface area contributed by atoms with Crippen molar-refractivity contribution in [2.45, 2.75) is 18.6 Å². The van der Waals surface area contributed by atoms with Crippen LogP contribution in [0.1, 0.15) is 6.42 Å². The van der Waals surface area contributed by atoms with Gasteiger partial charge in [0.1, 0.15) is 12.0 Å². The van der Waals surface area contributed by atoms with Gasteiger partial charge in [-0.1, -0.05) is 0 Å². The molecule has 8 nitrogen and oxygen atoms in total. The van der Waals surface area contributed by atoms with Gasteiger partial charge in [-0.05, 0) is 11.1 Å². The maximum Gasteiger partial charge on any atom is 0.408 e. The van der Waals surface area contributed by atoms with E-state index in [9.17, 15) is 18.4 Å². The molecule has 0 saturated carbocycles. The van der Waals surface area contributed by atoms with Crippen molar-refractivity contribution >= 4 is 23.1 Å². The average molecular weight is 252 g/mol. The van der Waals surface area contributed by atoms with Gasteiger partial charge in [0.2, 0.25) is 0 Å². The zero-order valence-electron chi connectivity index (χ0n) is 8.07. The molecule has 1 saturated heterocycles. The molecule has 9 heteroatoms. The SMILES string of the molecule is O=C(O)[C@@H]1C[C@H](OCS(=O)[O-])CN1C(=O)O. The van der Waals surface area contributed by atoms with Crippen LogP contribution in [0.3, 0.4) is 0 Å². The third-order valence-corrected chi connectivity index (χ3v) is 2.52. The van der Waals surface area contributed by atoms with Crippen molar-refractivity contribution in [2.24, 2.45) is 0 Å². The summed E-state index contributed by atoms with van der Waals surface area (Å²) in [5.41, 5.74) is 0. The zero-order valence-corrected chi connectivity index (χ0v) is 8.88. The van der Waals surface area contributed by atoms with E-state index < -0.39 is 41.2 Å². The van der Waals surface area contributed by atoms with Crippen LogP contribution in [0.25, 0.3) is 0 Å². The standard InChI is InChI=1S/C7H11NO7S/c9-6(10)5-1-4(15-3-16(13)14)2-8(5)7(11)12/h4-5H,1-3H2,(H,9,10)(H,11,12)(H,13,14)/p-1/t4-,5-/m0/s1. The fourth-order valence-electron chi connectivity index (χ4n) is 1.52. The predicted octanol–water partition coefficient (Wildman–Crippen LogP) is -0.955. The Morgan fingerprint density at radius 3 is 2.50 bits per heavy atom. The fourth-order valence-corrected chi connectivity index (χ4v) is 1.82. The first-order valence-corrected chi connectivity index (χ1v) is 5.56. The van der Waals surface area contributed by atoms with Gasteiger partial charge in [-0.15, -0.1) is 0 Å². The lowest BCUT2D eigenvalue weighted by Gasteiger charge is -2.16. The van der Waals surface area contributed by atoms with Crippen LogP contribution in [0.4, 0.5) is 4.79 Å². The Kier molecular flexibility index (Phi) is 4.21. The van der Waals surface area contributed by atoms with Crippen LogP contribution in [0.5, 0.6) is 0 Å². The summed E-state index contributed by atoms with van der Waals surface area (Å²) in [4.78, 5) is 22.1. The summed E-state index contributed by atoms with van der Waals surface area (Å²) >= 11 is -2.39. The quantitative estimate of drug-likeness (QED) is 0.617. The van der Waals surface area contributed by atoms with Gasteiger partial charge in [0.05, 0.1) is 12.6 Å². The molecule has 1 fully saturated rings. The first-order chi connectivity index (χ1) is 7.41.